The van der Waals surface area contributed by atoms with Crippen LogP contribution < -0.4 is 5.32 Å². The van der Waals surface area contributed by atoms with E-state index in [0.29, 0.717) is 16.9 Å². The summed E-state index contributed by atoms with van der Waals surface area (Å²) in [7, 11) is -3.19. The predicted octanol–water partition coefficient (Wildman–Crippen LogP) is 4.72. The zero-order valence-corrected chi connectivity index (χ0v) is 16.1. The van der Waals surface area contributed by atoms with Gasteiger partial charge in [-0.1, -0.05) is 43.5 Å². The highest BCUT2D eigenvalue weighted by molar-refractivity contribution is 7.92. The summed E-state index contributed by atoms with van der Waals surface area (Å²) in [5.74, 6) is 0.327. The van der Waals surface area contributed by atoms with Crippen LogP contribution in [0.3, 0.4) is 0 Å². The molecule has 0 amide bonds. The van der Waals surface area contributed by atoms with Crippen molar-refractivity contribution in [2.45, 2.75) is 74.5 Å². The van der Waals surface area contributed by atoms with E-state index in [1.165, 1.54) is 43.4 Å². The Morgan fingerprint density at radius 3 is 2.28 bits per heavy atom. The second kappa shape index (κ2) is 7.77. The van der Waals surface area contributed by atoms with Gasteiger partial charge in [-0.25, -0.2) is 8.42 Å². The zero-order chi connectivity index (χ0) is 17.9. The average molecular weight is 360 g/mol. The molecule has 2 aliphatic carbocycles. The van der Waals surface area contributed by atoms with Gasteiger partial charge in [0.1, 0.15) is 0 Å². The molecule has 1 N–H and O–H groups in total. The van der Waals surface area contributed by atoms with Crippen molar-refractivity contribution < 1.29 is 8.42 Å². The SMILES string of the molecule is CC(C)S(=O)(=O)c1ccc(C2C=CC(NC3CCCCC3)=CC2)cc1. The maximum atomic E-state index is 12.2. The molecule has 1 fully saturated rings. The fourth-order valence-electron chi connectivity index (χ4n) is 3.63. The topological polar surface area (TPSA) is 46.2 Å². The Kier molecular flexibility index (Phi) is 5.67. The summed E-state index contributed by atoms with van der Waals surface area (Å²) in [6, 6.07) is 8.03. The molecule has 0 spiro atoms. The minimum Gasteiger partial charge on any atom is -0.383 e. The molecular formula is C21H29NO2S. The summed E-state index contributed by atoms with van der Waals surface area (Å²) in [5, 5.41) is 3.28. The molecule has 3 rings (SSSR count). The maximum Gasteiger partial charge on any atom is 0.180 e. The normalized spacial score (nSPS) is 22.0. The molecule has 1 atom stereocenters. The molecule has 0 heterocycles. The highest BCUT2D eigenvalue weighted by Gasteiger charge is 2.20. The zero-order valence-electron chi connectivity index (χ0n) is 15.2. The lowest BCUT2D eigenvalue weighted by Crippen LogP contribution is -2.30. The van der Waals surface area contributed by atoms with Crippen LogP contribution in [0, 0.1) is 0 Å². The minimum atomic E-state index is -3.19. The third kappa shape index (κ3) is 4.35. The Hall–Kier alpha value is -1.55. The Balaban J connectivity index is 1.62. The number of rotatable bonds is 5. The van der Waals surface area contributed by atoms with Gasteiger partial charge in [0.15, 0.2) is 9.84 Å². The van der Waals surface area contributed by atoms with Gasteiger partial charge in [-0.3, -0.25) is 0 Å². The summed E-state index contributed by atoms with van der Waals surface area (Å²) in [6.07, 6.45) is 14.3. The average Bonchev–Trinajstić information content (AvgIpc) is 2.63. The molecule has 0 saturated heterocycles. The summed E-state index contributed by atoms with van der Waals surface area (Å²) >= 11 is 0. The molecule has 136 valence electrons. The number of hydrogen-bond donors (Lipinski definition) is 1. The first-order chi connectivity index (χ1) is 12.0. The standard InChI is InChI=1S/C21H29NO2S/c1-16(2)25(23,24)21-14-10-18(11-15-21)17-8-12-20(13-9-17)22-19-6-4-3-5-7-19/h8,10-17,19,22H,3-7,9H2,1-2H3. The lowest BCUT2D eigenvalue weighted by Gasteiger charge is -2.26. The third-order valence-corrected chi connectivity index (χ3v) is 7.50. The first-order valence-corrected chi connectivity index (χ1v) is 11.0. The van der Waals surface area contributed by atoms with Gasteiger partial charge in [0.05, 0.1) is 10.1 Å². The maximum absolute atomic E-state index is 12.2. The van der Waals surface area contributed by atoms with Gasteiger partial charge in [0, 0.05) is 17.7 Å². The number of allylic oxidation sites excluding steroid dienone is 3. The van der Waals surface area contributed by atoms with Crippen LogP contribution in [0.5, 0.6) is 0 Å². The smallest absolute Gasteiger partial charge is 0.180 e. The predicted molar refractivity (Wildman–Crippen MR) is 103 cm³/mol. The van der Waals surface area contributed by atoms with Crippen LogP contribution in [0.4, 0.5) is 0 Å². The van der Waals surface area contributed by atoms with Gasteiger partial charge in [0.25, 0.3) is 0 Å². The van der Waals surface area contributed by atoms with Crippen LogP contribution in [0.25, 0.3) is 0 Å². The highest BCUT2D eigenvalue weighted by Crippen LogP contribution is 2.28. The summed E-state index contributed by atoms with van der Waals surface area (Å²) in [6.45, 7) is 3.44. The highest BCUT2D eigenvalue weighted by atomic mass is 32.2. The van der Waals surface area contributed by atoms with E-state index in [1.54, 1.807) is 26.0 Å². The second-order valence-electron chi connectivity index (χ2n) is 7.50. The van der Waals surface area contributed by atoms with Crippen LogP contribution in [0.15, 0.2) is 53.1 Å². The molecule has 0 aromatic heterocycles. The molecule has 0 radical (unpaired) electrons. The molecule has 2 aliphatic rings. The first-order valence-electron chi connectivity index (χ1n) is 9.45. The van der Waals surface area contributed by atoms with Crippen LogP contribution in [-0.4, -0.2) is 19.7 Å². The van der Waals surface area contributed by atoms with Crippen LogP contribution in [0.1, 0.15) is 63.9 Å². The van der Waals surface area contributed by atoms with Gasteiger partial charge in [-0.05, 0) is 56.9 Å². The van der Waals surface area contributed by atoms with Gasteiger partial charge in [-0.15, -0.1) is 0 Å². The fraction of sp³-hybridized carbons (Fsp3) is 0.524. The molecule has 1 aromatic rings. The van der Waals surface area contributed by atoms with Crippen molar-refractivity contribution in [3.8, 4) is 0 Å². The molecule has 4 heteroatoms. The largest absolute Gasteiger partial charge is 0.383 e. The van der Waals surface area contributed by atoms with Crippen LogP contribution >= 0.6 is 0 Å². The lowest BCUT2D eigenvalue weighted by atomic mass is 9.91. The number of benzene rings is 1. The monoisotopic (exact) mass is 359 g/mol. The first kappa shape index (κ1) is 18.2. The fourth-order valence-corrected chi connectivity index (χ4v) is 4.69. The van der Waals surface area contributed by atoms with Crippen molar-refractivity contribution in [3.05, 3.63) is 53.8 Å². The Morgan fingerprint density at radius 2 is 1.72 bits per heavy atom. The van der Waals surface area contributed by atoms with E-state index in [9.17, 15) is 8.42 Å². The molecule has 0 aliphatic heterocycles. The van der Waals surface area contributed by atoms with E-state index in [2.05, 4.69) is 23.5 Å². The van der Waals surface area contributed by atoms with Gasteiger partial charge in [0.2, 0.25) is 0 Å². The van der Waals surface area contributed by atoms with Gasteiger partial charge < -0.3 is 5.32 Å². The number of nitrogens with one attached hydrogen (secondary N) is 1. The van der Waals surface area contributed by atoms with Crippen molar-refractivity contribution in [1.29, 1.82) is 0 Å². The van der Waals surface area contributed by atoms with Crippen LogP contribution in [-0.2, 0) is 9.84 Å². The summed E-state index contributed by atoms with van der Waals surface area (Å²) in [4.78, 5) is 0.418. The van der Waals surface area contributed by atoms with Crippen LogP contribution in [0.2, 0.25) is 0 Å². The number of hydrogen-bond acceptors (Lipinski definition) is 3. The van der Waals surface area contributed by atoms with Crippen molar-refractivity contribution in [2.24, 2.45) is 0 Å². The molecule has 3 nitrogen and oxygen atoms in total. The lowest BCUT2D eigenvalue weighted by molar-refractivity contribution is 0.398. The van der Waals surface area contributed by atoms with E-state index in [0.717, 1.165) is 6.42 Å². The van der Waals surface area contributed by atoms with Crippen molar-refractivity contribution in [3.63, 3.8) is 0 Å². The molecular weight excluding hydrogens is 330 g/mol. The quantitative estimate of drug-likeness (QED) is 0.827. The molecule has 1 unspecified atom stereocenters. The number of sulfone groups is 1. The summed E-state index contributed by atoms with van der Waals surface area (Å²) in [5.41, 5.74) is 2.41. The molecule has 0 bridgehead atoms. The van der Waals surface area contributed by atoms with Crippen molar-refractivity contribution in [2.75, 3.05) is 0 Å². The summed E-state index contributed by atoms with van der Waals surface area (Å²) < 4.78 is 24.4. The minimum absolute atomic E-state index is 0.327. The van der Waals surface area contributed by atoms with Crippen molar-refractivity contribution >= 4 is 9.84 Å². The van der Waals surface area contributed by atoms with Gasteiger partial charge >= 0.3 is 0 Å². The Morgan fingerprint density at radius 1 is 1.04 bits per heavy atom. The van der Waals surface area contributed by atoms with E-state index in [-0.39, 0.29) is 5.25 Å². The molecule has 1 aromatic carbocycles. The van der Waals surface area contributed by atoms with E-state index < -0.39 is 9.84 Å². The Bertz CT molecular complexity index is 739. The van der Waals surface area contributed by atoms with E-state index >= 15 is 0 Å². The van der Waals surface area contributed by atoms with E-state index in [4.69, 9.17) is 0 Å². The molecule has 25 heavy (non-hydrogen) atoms. The van der Waals surface area contributed by atoms with Gasteiger partial charge in [-0.2, -0.15) is 0 Å². The van der Waals surface area contributed by atoms with E-state index in [1.807, 2.05) is 12.1 Å². The molecule has 1 saturated carbocycles. The van der Waals surface area contributed by atoms with Crippen molar-refractivity contribution in [1.82, 2.24) is 5.32 Å². The third-order valence-electron chi connectivity index (χ3n) is 5.33. The second-order valence-corrected chi connectivity index (χ2v) is 10.0. The Labute approximate surface area is 152 Å².